The number of amides is 2. The van der Waals surface area contributed by atoms with E-state index in [2.05, 4.69) is 35.1 Å². The topological polar surface area (TPSA) is 62.3 Å². The molecule has 2 heterocycles. The molecule has 33 heavy (non-hydrogen) atoms. The van der Waals surface area contributed by atoms with Gasteiger partial charge in [0.15, 0.2) is 0 Å². The van der Waals surface area contributed by atoms with Crippen LogP contribution in [0.2, 0.25) is 0 Å². The summed E-state index contributed by atoms with van der Waals surface area (Å²) in [5.74, 6) is 0.479. The Bertz CT molecular complexity index is 1050. The maximum Gasteiger partial charge on any atom is 0.228 e. The zero-order valence-corrected chi connectivity index (χ0v) is 19.3. The van der Waals surface area contributed by atoms with Crippen molar-refractivity contribution in [2.45, 2.75) is 44.9 Å². The molecular formula is C28H33N3O2. The standard InChI is InChI=1S/C28H33N3O2/c1-2-14-30-26(33)28(17-21-8-3-4-10-23(21)22-9-5-15-29-19-22)13-7-16-31(20-28)25(32)24-18-27(24)11-6-12-27/h2-5,8-10,15,19,24H,1,6-7,11-14,16-18,20H2,(H,30,33)/t24-,28-/m0/s1. The van der Waals surface area contributed by atoms with Crippen LogP contribution in [0.15, 0.2) is 61.4 Å². The van der Waals surface area contributed by atoms with E-state index in [0.29, 0.717) is 24.9 Å². The number of pyridine rings is 1. The molecule has 1 aromatic carbocycles. The molecule has 1 spiro atoms. The predicted molar refractivity (Wildman–Crippen MR) is 129 cm³/mol. The summed E-state index contributed by atoms with van der Waals surface area (Å²) in [4.78, 5) is 33.3. The quantitative estimate of drug-likeness (QED) is 0.646. The van der Waals surface area contributed by atoms with Crippen molar-refractivity contribution in [3.05, 3.63) is 67.0 Å². The summed E-state index contributed by atoms with van der Waals surface area (Å²) in [6.07, 6.45) is 12.3. The lowest BCUT2D eigenvalue weighted by Crippen LogP contribution is -2.55. The van der Waals surface area contributed by atoms with Crippen LogP contribution in [-0.4, -0.2) is 41.3 Å². The number of piperidine rings is 1. The lowest BCUT2D eigenvalue weighted by Gasteiger charge is -2.42. The second-order valence-electron chi connectivity index (χ2n) is 10.2. The predicted octanol–water partition coefficient (Wildman–Crippen LogP) is 4.39. The van der Waals surface area contributed by atoms with E-state index in [4.69, 9.17) is 0 Å². The molecule has 2 saturated carbocycles. The molecule has 5 rings (SSSR count). The molecule has 0 unspecified atom stereocenters. The molecule has 0 bridgehead atoms. The van der Waals surface area contributed by atoms with Crippen molar-refractivity contribution >= 4 is 11.8 Å². The highest BCUT2D eigenvalue weighted by Gasteiger charge is 2.62. The Morgan fingerprint density at radius 3 is 2.70 bits per heavy atom. The van der Waals surface area contributed by atoms with Gasteiger partial charge < -0.3 is 10.2 Å². The Hall–Kier alpha value is -2.95. The molecule has 172 valence electrons. The third kappa shape index (κ3) is 4.09. The van der Waals surface area contributed by atoms with Gasteiger partial charge >= 0.3 is 0 Å². The van der Waals surface area contributed by atoms with Gasteiger partial charge in [-0.25, -0.2) is 0 Å². The Morgan fingerprint density at radius 1 is 1.15 bits per heavy atom. The van der Waals surface area contributed by atoms with Gasteiger partial charge in [0.05, 0.1) is 5.41 Å². The van der Waals surface area contributed by atoms with Crippen LogP contribution in [0.25, 0.3) is 11.1 Å². The number of aromatic nitrogens is 1. The van der Waals surface area contributed by atoms with E-state index in [-0.39, 0.29) is 17.7 Å². The summed E-state index contributed by atoms with van der Waals surface area (Å²) >= 11 is 0. The minimum absolute atomic E-state index is 0.0232. The van der Waals surface area contributed by atoms with Crippen molar-refractivity contribution in [2.24, 2.45) is 16.7 Å². The first kappa shape index (κ1) is 21.9. The fourth-order valence-corrected chi connectivity index (χ4v) is 6.03. The molecule has 1 saturated heterocycles. The Morgan fingerprint density at radius 2 is 2.00 bits per heavy atom. The number of carbonyl (C=O) groups excluding carboxylic acids is 2. The normalized spacial score (nSPS) is 25.2. The summed E-state index contributed by atoms with van der Waals surface area (Å²) in [7, 11) is 0. The summed E-state index contributed by atoms with van der Waals surface area (Å²) in [6, 6.07) is 12.2. The van der Waals surface area contributed by atoms with Crippen molar-refractivity contribution in [1.29, 1.82) is 0 Å². The molecule has 3 aliphatic rings. The highest BCUT2D eigenvalue weighted by atomic mass is 16.2. The maximum absolute atomic E-state index is 13.6. The van der Waals surface area contributed by atoms with Crippen molar-refractivity contribution in [1.82, 2.24) is 15.2 Å². The molecule has 2 amide bonds. The van der Waals surface area contributed by atoms with Crippen molar-refractivity contribution in [3.63, 3.8) is 0 Å². The van der Waals surface area contributed by atoms with Crippen LogP contribution in [0.4, 0.5) is 0 Å². The average molecular weight is 444 g/mol. The van der Waals surface area contributed by atoms with Crippen molar-refractivity contribution in [2.75, 3.05) is 19.6 Å². The summed E-state index contributed by atoms with van der Waals surface area (Å²) in [6.45, 7) is 5.44. The Labute approximate surface area is 196 Å². The first-order valence-corrected chi connectivity index (χ1v) is 12.2. The zero-order chi connectivity index (χ0) is 22.9. The van der Waals surface area contributed by atoms with Crippen molar-refractivity contribution < 1.29 is 9.59 Å². The second-order valence-corrected chi connectivity index (χ2v) is 10.2. The van der Waals surface area contributed by atoms with Crippen LogP contribution in [0, 0.1) is 16.7 Å². The fraction of sp³-hybridized carbons (Fsp3) is 0.464. The van der Waals surface area contributed by atoms with E-state index in [0.717, 1.165) is 42.5 Å². The number of benzene rings is 1. The smallest absolute Gasteiger partial charge is 0.228 e. The van der Waals surface area contributed by atoms with Gasteiger partial charge in [0.1, 0.15) is 0 Å². The molecule has 2 aliphatic carbocycles. The van der Waals surface area contributed by atoms with Crippen LogP contribution < -0.4 is 5.32 Å². The molecule has 5 nitrogen and oxygen atoms in total. The van der Waals surface area contributed by atoms with Crippen LogP contribution in [0.3, 0.4) is 0 Å². The Kier molecular flexibility index (Phi) is 5.81. The largest absolute Gasteiger partial charge is 0.352 e. The number of nitrogens with zero attached hydrogens (tertiary/aromatic N) is 2. The van der Waals surface area contributed by atoms with Gasteiger partial charge in [0.25, 0.3) is 0 Å². The highest BCUT2D eigenvalue weighted by molar-refractivity contribution is 5.87. The number of nitrogens with one attached hydrogen (secondary N) is 1. The minimum Gasteiger partial charge on any atom is -0.352 e. The van der Waals surface area contributed by atoms with E-state index in [1.54, 1.807) is 12.3 Å². The SMILES string of the molecule is C=CCNC(=O)[C@]1(Cc2ccccc2-c2cccnc2)CCCN(C(=O)[C@@H]2CC23CCC3)C1. The first-order valence-electron chi connectivity index (χ1n) is 12.2. The molecule has 1 aliphatic heterocycles. The Balaban J connectivity index is 1.43. The second kappa shape index (κ2) is 8.77. The van der Waals surface area contributed by atoms with Crippen LogP contribution in [0.1, 0.15) is 44.1 Å². The monoisotopic (exact) mass is 443 g/mol. The lowest BCUT2D eigenvalue weighted by atomic mass is 9.72. The molecule has 0 radical (unpaired) electrons. The van der Waals surface area contributed by atoms with E-state index in [1.807, 2.05) is 29.3 Å². The van der Waals surface area contributed by atoms with Gasteiger partial charge in [-0.15, -0.1) is 6.58 Å². The number of likely N-dealkylation sites (tertiary alicyclic amines) is 1. The van der Waals surface area contributed by atoms with Gasteiger partial charge in [0, 0.05) is 43.5 Å². The number of hydrogen-bond acceptors (Lipinski definition) is 3. The van der Waals surface area contributed by atoms with E-state index in [1.165, 1.54) is 19.3 Å². The van der Waals surface area contributed by atoms with Gasteiger partial charge in [-0.1, -0.05) is 42.8 Å². The zero-order valence-electron chi connectivity index (χ0n) is 19.3. The van der Waals surface area contributed by atoms with Gasteiger partial charge in [-0.3, -0.25) is 14.6 Å². The fourth-order valence-electron chi connectivity index (χ4n) is 6.03. The van der Waals surface area contributed by atoms with Gasteiger partial charge in [-0.05, 0) is 61.1 Å². The highest BCUT2D eigenvalue weighted by Crippen LogP contribution is 2.66. The molecule has 5 heteroatoms. The van der Waals surface area contributed by atoms with Crippen LogP contribution in [0.5, 0.6) is 0 Å². The molecule has 3 fully saturated rings. The van der Waals surface area contributed by atoms with Crippen LogP contribution in [-0.2, 0) is 16.0 Å². The van der Waals surface area contributed by atoms with Gasteiger partial charge in [-0.2, -0.15) is 0 Å². The third-order valence-electron chi connectivity index (χ3n) is 8.13. The summed E-state index contributed by atoms with van der Waals surface area (Å²) in [5.41, 5.74) is 2.92. The number of carbonyl (C=O) groups is 2. The van der Waals surface area contributed by atoms with Crippen molar-refractivity contribution in [3.8, 4) is 11.1 Å². The first-order chi connectivity index (χ1) is 16.1. The maximum atomic E-state index is 13.6. The minimum atomic E-state index is -0.642. The number of rotatable bonds is 7. The molecular weight excluding hydrogens is 410 g/mol. The molecule has 2 aromatic rings. The average Bonchev–Trinajstić information content (AvgIpc) is 3.60. The van der Waals surface area contributed by atoms with E-state index < -0.39 is 5.41 Å². The van der Waals surface area contributed by atoms with E-state index >= 15 is 0 Å². The molecule has 1 N–H and O–H groups in total. The van der Waals surface area contributed by atoms with E-state index in [9.17, 15) is 9.59 Å². The molecule has 2 atom stereocenters. The third-order valence-corrected chi connectivity index (χ3v) is 8.13. The summed E-state index contributed by atoms with van der Waals surface area (Å²) in [5, 5.41) is 3.06. The van der Waals surface area contributed by atoms with Crippen LogP contribution >= 0.6 is 0 Å². The lowest BCUT2D eigenvalue weighted by molar-refractivity contribution is -0.143. The molecule has 1 aromatic heterocycles. The number of hydrogen-bond donors (Lipinski definition) is 1. The van der Waals surface area contributed by atoms with Gasteiger partial charge in [0.2, 0.25) is 11.8 Å². The summed E-state index contributed by atoms with van der Waals surface area (Å²) < 4.78 is 0.